The topological polar surface area (TPSA) is 57.4 Å². The highest BCUT2D eigenvalue weighted by atomic mass is 16.5. The first-order valence-corrected chi connectivity index (χ1v) is 14.1. The van der Waals surface area contributed by atoms with Gasteiger partial charge >= 0.3 is 0 Å². The summed E-state index contributed by atoms with van der Waals surface area (Å²) in [6.07, 6.45) is 5.13. The molecular formula is C37H32N2O3. The molecule has 0 spiro atoms. The van der Waals surface area contributed by atoms with Gasteiger partial charge in [0, 0.05) is 35.2 Å². The maximum atomic E-state index is 6.49. The molecule has 0 radical (unpaired) electrons. The lowest BCUT2D eigenvalue weighted by Gasteiger charge is -2.19. The number of hydrogen-bond donors (Lipinski definition) is 0. The molecule has 2 heterocycles. The molecule has 0 aliphatic carbocycles. The Labute approximate surface area is 246 Å². The van der Waals surface area contributed by atoms with Gasteiger partial charge < -0.3 is 13.9 Å². The van der Waals surface area contributed by atoms with Gasteiger partial charge in [-0.1, -0.05) is 98.8 Å². The summed E-state index contributed by atoms with van der Waals surface area (Å²) in [7, 11) is 0. The molecule has 0 amide bonds. The molecule has 5 nitrogen and oxygen atoms in total. The van der Waals surface area contributed by atoms with Crippen molar-refractivity contribution in [3.63, 3.8) is 0 Å². The van der Waals surface area contributed by atoms with Crippen LogP contribution in [0.1, 0.15) is 36.5 Å². The van der Waals surface area contributed by atoms with Crippen molar-refractivity contribution in [2.24, 2.45) is 0 Å². The lowest BCUT2D eigenvalue weighted by atomic mass is 9.95. The van der Waals surface area contributed by atoms with Crippen LogP contribution in [0, 0.1) is 0 Å². The molecule has 6 aromatic rings. The van der Waals surface area contributed by atoms with Crippen LogP contribution in [0.4, 0.5) is 0 Å². The average molecular weight is 553 g/mol. The summed E-state index contributed by atoms with van der Waals surface area (Å²) in [5, 5.41) is 0. The Kier molecular flexibility index (Phi) is 8.09. The molecular weight excluding hydrogens is 520 g/mol. The first kappa shape index (κ1) is 27.0. The van der Waals surface area contributed by atoms with E-state index in [0.717, 1.165) is 50.4 Å². The van der Waals surface area contributed by atoms with Crippen molar-refractivity contribution >= 4 is 0 Å². The Morgan fingerprint density at radius 3 is 2.00 bits per heavy atom. The van der Waals surface area contributed by atoms with Gasteiger partial charge in [0.25, 0.3) is 0 Å². The van der Waals surface area contributed by atoms with Crippen LogP contribution in [-0.2, 0) is 13.2 Å². The fourth-order valence-corrected chi connectivity index (χ4v) is 4.95. The first-order valence-electron chi connectivity index (χ1n) is 14.1. The Balaban J connectivity index is 1.42. The van der Waals surface area contributed by atoms with E-state index >= 15 is 0 Å². The minimum absolute atomic E-state index is 0.210. The molecule has 0 aliphatic heterocycles. The molecule has 0 saturated carbocycles. The molecule has 208 valence electrons. The zero-order valence-corrected chi connectivity index (χ0v) is 23.7. The summed E-state index contributed by atoms with van der Waals surface area (Å²) in [5.74, 6) is 2.37. The van der Waals surface area contributed by atoms with Gasteiger partial charge in [-0.15, -0.1) is 0 Å². The number of benzene rings is 4. The summed E-state index contributed by atoms with van der Waals surface area (Å²) in [4.78, 5) is 8.98. The van der Waals surface area contributed by atoms with Gasteiger partial charge in [0.1, 0.15) is 30.4 Å². The Hall–Kier alpha value is -5.16. The molecule has 0 aliphatic rings. The summed E-state index contributed by atoms with van der Waals surface area (Å²) in [6.45, 7) is 5.21. The molecule has 0 fully saturated rings. The summed E-state index contributed by atoms with van der Waals surface area (Å²) < 4.78 is 18.9. The fraction of sp³-hybridized carbons (Fsp3) is 0.135. The quantitative estimate of drug-likeness (QED) is 0.169. The minimum atomic E-state index is 0.210. The number of aromatic nitrogens is 2. The zero-order valence-electron chi connectivity index (χ0n) is 23.7. The standard InChI is InChI=1S/C37H32N2O3/c1-26(2)32-20-33(36-37(42-25-39-36)30-16-9-15-29(19-30)31-17-10-18-38-22-31)35(41-24-28-13-7-4-8-14-28)21-34(32)40-23-27-11-5-3-6-12-27/h3-22,25-26H,23-24H2,1-2H3. The lowest BCUT2D eigenvalue weighted by Crippen LogP contribution is -2.04. The van der Waals surface area contributed by atoms with Crippen molar-refractivity contribution in [3.05, 3.63) is 145 Å². The third kappa shape index (κ3) is 6.11. The second kappa shape index (κ2) is 12.6. The average Bonchev–Trinajstić information content (AvgIpc) is 3.54. The van der Waals surface area contributed by atoms with Crippen molar-refractivity contribution in [2.45, 2.75) is 33.0 Å². The third-order valence-electron chi connectivity index (χ3n) is 7.15. The van der Waals surface area contributed by atoms with Crippen molar-refractivity contribution < 1.29 is 13.9 Å². The second-order valence-electron chi connectivity index (χ2n) is 10.4. The zero-order chi connectivity index (χ0) is 28.7. The summed E-state index contributed by atoms with van der Waals surface area (Å²) in [5.41, 5.74) is 7.85. The maximum Gasteiger partial charge on any atom is 0.182 e. The fourth-order valence-electron chi connectivity index (χ4n) is 4.95. The van der Waals surface area contributed by atoms with Gasteiger partial charge in [-0.3, -0.25) is 4.98 Å². The van der Waals surface area contributed by atoms with Gasteiger partial charge in [-0.05, 0) is 46.4 Å². The smallest absolute Gasteiger partial charge is 0.182 e. The highest BCUT2D eigenvalue weighted by Crippen LogP contribution is 2.43. The normalized spacial score (nSPS) is 11.0. The summed E-state index contributed by atoms with van der Waals surface area (Å²) in [6, 6.07) is 36.7. The van der Waals surface area contributed by atoms with Crippen LogP contribution in [-0.4, -0.2) is 9.97 Å². The van der Waals surface area contributed by atoms with Crippen LogP contribution in [0.25, 0.3) is 33.7 Å². The Morgan fingerprint density at radius 2 is 1.33 bits per heavy atom. The van der Waals surface area contributed by atoms with E-state index in [1.807, 2.05) is 72.9 Å². The lowest BCUT2D eigenvalue weighted by molar-refractivity contribution is 0.288. The predicted molar refractivity (Wildman–Crippen MR) is 166 cm³/mol. The molecule has 42 heavy (non-hydrogen) atoms. The van der Waals surface area contributed by atoms with Gasteiger partial charge in [0.05, 0.1) is 0 Å². The minimum Gasteiger partial charge on any atom is -0.488 e. The third-order valence-corrected chi connectivity index (χ3v) is 7.15. The SMILES string of the molecule is CC(C)c1cc(-c2ncoc2-c2cccc(-c3cccnc3)c2)c(OCc2ccccc2)cc1OCc1ccccc1. The van der Waals surface area contributed by atoms with Crippen LogP contribution >= 0.6 is 0 Å². The number of oxazole rings is 1. The largest absolute Gasteiger partial charge is 0.488 e. The van der Waals surface area contributed by atoms with Crippen molar-refractivity contribution in [2.75, 3.05) is 0 Å². The molecule has 0 N–H and O–H groups in total. The number of nitrogens with zero attached hydrogens (tertiary/aromatic N) is 2. The van der Waals surface area contributed by atoms with Crippen molar-refractivity contribution in [1.82, 2.24) is 9.97 Å². The van der Waals surface area contributed by atoms with E-state index < -0.39 is 0 Å². The van der Waals surface area contributed by atoms with Crippen LogP contribution in [0.3, 0.4) is 0 Å². The number of pyridine rings is 1. The van der Waals surface area contributed by atoms with Gasteiger partial charge in [0.15, 0.2) is 12.2 Å². The molecule has 2 aromatic heterocycles. The first-order chi connectivity index (χ1) is 20.7. The van der Waals surface area contributed by atoms with E-state index in [1.54, 1.807) is 6.20 Å². The molecule has 6 rings (SSSR count). The predicted octanol–water partition coefficient (Wildman–Crippen LogP) is 9.35. The molecule has 4 aromatic carbocycles. The van der Waals surface area contributed by atoms with E-state index in [1.165, 1.54) is 6.39 Å². The highest BCUT2D eigenvalue weighted by Gasteiger charge is 2.22. The van der Waals surface area contributed by atoms with Crippen molar-refractivity contribution in [1.29, 1.82) is 0 Å². The maximum absolute atomic E-state index is 6.49. The van der Waals surface area contributed by atoms with E-state index in [2.05, 4.69) is 61.3 Å². The van der Waals surface area contributed by atoms with Crippen LogP contribution in [0.2, 0.25) is 0 Å². The highest BCUT2D eigenvalue weighted by molar-refractivity contribution is 5.83. The van der Waals surface area contributed by atoms with E-state index in [9.17, 15) is 0 Å². The number of hydrogen-bond acceptors (Lipinski definition) is 5. The van der Waals surface area contributed by atoms with E-state index in [4.69, 9.17) is 18.9 Å². The number of rotatable bonds is 10. The summed E-state index contributed by atoms with van der Waals surface area (Å²) >= 11 is 0. The molecule has 0 saturated heterocycles. The Morgan fingerprint density at radius 1 is 0.667 bits per heavy atom. The molecule has 0 atom stereocenters. The molecule has 5 heteroatoms. The Bertz CT molecular complexity index is 1750. The second-order valence-corrected chi connectivity index (χ2v) is 10.4. The van der Waals surface area contributed by atoms with Crippen molar-refractivity contribution in [3.8, 4) is 45.2 Å². The van der Waals surface area contributed by atoms with Crippen LogP contribution < -0.4 is 9.47 Å². The van der Waals surface area contributed by atoms with Gasteiger partial charge in [-0.25, -0.2) is 4.98 Å². The van der Waals surface area contributed by atoms with Crippen LogP contribution in [0.15, 0.2) is 132 Å². The van der Waals surface area contributed by atoms with Gasteiger partial charge in [-0.2, -0.15) is 0 Å². The number of ether oxygens (including phenoxy) is 2. The van der Waals surface area contributed by atoms with E-state index in [-0.39, 0.29) is 5.92 Å². The monoisotopic (exact) mass is 552 g/mol. The van der Waals surface area contributed by atoms with E-state index in [0.29, 0.717) is 24.7 Å². The molecule has 0 unspecified atom stereocenters. The van der Waals surface area contributed by atoms with Crippen LogP contribution in [0.5, 0.6) is 11.5 Å². The van der Waals surface area contributed by atoms with Gasteiger partial charge in [0.2, 0.25) is 0 Å². The molecule has 0 bridgehead atoms.